The Balaban J connectivity index is 3.31. The minimum absolute atomic E-state index is 0.0495. The van der Waals surface area contributed by atoms with E-state index in [9.17, 15) is 4.79 Å². The molecule has 0 saturated heterocycles. The van der Waals surface area contributed by atoms with E-state index in [1.54, 1.807) is 0 Å². The van der Waals surface area contributed by atoms with Gasteiger partial charge in [-0.15, -0.1) is 0 Å². The van der Waals surface area contributed by atoms with Gasteiger partial charge in [-0.2, -0.15) is 0 Å². The highest BCUT2D eigenvalue weighted by molar-refractivity contribution is 5.89. The predicted octanol–water partition coefficient (Wildman–Crippen LogP) is 0.802. The van der Waals surface area contributed by atoms with E-state index in [0.29, 0.717) is 6.61 Å². The van der Waals surface area contributed by atoms with Crippen LogP contribution in [0.3, 0.4) is 0 Å². The molecule has 2 N–H and O–H groups in total. The summed E-state index contributed by atoms with van der Waals surface area (Å²) >= 11 is 0. The quantitative estimate of drug-likeness (QED) is 0.351. The molecule has 0 radical (unpaired) electrons. The topological polar surface area (TPSA) is 52.3 Å². The first-order chi connectivity index (χ1) is 4.68. The predicted molar refractivity (Wildman–Crippen MR) is 39.2 cm³/mol. The average molecular weight is 143 g/mol. The Bertz CT molecular complexity index is 132. The van der Waals surface area contributed by atoms with Crippen molar-refractivity contribution in [3.8, 4) is 0 Å². The van der Waals surface area contributed by atoms with Crippen molar-refractivity contribution >= 4 is 5.91 Å². The lowest BCUT2D eigenvalue weighted by Crippen LogP contribution is -2.15. The fourth-order valence-electron chi connectivity index (χ4n) is 0.411. The standard InChI is InChI=1S/C7H13NO2/c1-3-4-5-10-6(2)7(8)9/h2-5H2,1H3,(H2,8,9). The molecule has 0 bridgehead atoms. The lowest BCUT2D eigenvalue weighted by Gasteiger charge is -2.03. The molecule has 1 amide bonds. The Kier molecular flexibility index (Phi) is 4.37. The largest absolute Gasteiger partial charge is 0.488 e. The first-order valence-corrected chi connectivity index (χ1v) is 3.30. The van der Waals surface area contributed by atoms with E-state index in [0.717, 1.165) is 12.8 Å². The second kappa shape index (κ2) is 4.85. The lowest BCUT2D eigenvalue weighted by molar-refractivity contribution is -0.117. The number of hydrogen-bond donors (Lipinski definition) is 1. The van der Waals surface area contributed by atoms with E-state index in [2.05, 4.69) is 6.58 Å². The molecule has 0 heterocycles. The molecule has 0 saturated carbocycles. The Labute approximate surface area is 60.9 Å². The minimum atomic E-state index is -0.587. The smallest absolute Gasteiger partial charge is 0.283 e. The Morgan fingerprint density at radius 2 is 2.30 bits per heavy atom. The van der Waals surface area contributed by atoms with Crippen LogP contribution in [-0.2, 0) is 9.53 Å². The van der Waals surface area contributed by atoms with Gasteiger partial charge >= 0.3 is 0 Å². The summed E-state index contributed by atoms with van der Waals surface area (Å²) in [6.07, 6.45) is 1.96. The highest BCUT2D eigenvalue weighted by Crippen LogP contribution is 1.94. The molecule has 0 rings (SSSR count). The summed E-state index contributed by atoms with van der Waals surface area (Å²) in [4.78, 5) is 10.3. The van der Waals surface area contributed by atoms with Crippen LogP contribution in [0.25, 0.3) is 0 Å². The van der Waals surface area contributed by atoms with Crippen LogP contribution in [-0.4, -0.2) is 12.5 Å². The molecule has 0 aliphatic carbocycles. The summed E-state index contributed by atoms with van der Waals surface area (Å²) in [6.45, 7) is 5.89. The van der Waals surface area contributed by atoms with Crippen molar-refractivity contribution in [1.29, 1.82) is 0 Å². The number of amides is 1. The fourth-order valence-corrected chi connectivity index (χ4v) is 0.411. The third kappa shape index (κ3) is 3.95. The van der Waals surface area contributed by atoms with Crippen molar-refractivity contribution in [2.45, 2.75) is 19.8 Å². The Hall–Kier alpha value is -0.990. The maximum absolute atomic E-state index is 10.3. The van der Waals surface area contributed by atoms with Crippen molar-refractivity contribution in [2.24, 2.45) is 5.73 Å². The van der Waals surface area contributed by atoms with E-state index in [1.165, 1.54) is 0 Å². The number of carbonyl (C=O) groups excluding carboxylic acids is 1. The Morgan fingerprint density at radius 1 is 1.70 bits per heavy atom. The van der Waals surface area contributed by atoms with Crippen molar-refractivity contribution in [3.63, 3.8) is 0 Å². The number of unbranched alkanes of at least 4 members (excludes halogenated alkanes) is 1. The summed E-state index contributed by atoms with van der Waals surface area (Å²) in [7, 11) is 0. The molecular formula is C7H13NO2. The average Bonchev–Trinajstić information content (AvgIpc) is 1.88. The van der Waals surface area contributed by atoms with Gasteiger partial charge in [0.05, 0.1) is 6.61 Å². The van der Waals surface area contributed by atoms with Crippen LogP contribution in [0.4, 0.5) is 0 Å². The van der Waals surface area contributed by atoms with Gasteiger partial charge in [0.15, 0.2) is 5.76 Å². The highest BCUT2D eigenvalue weighted by Gasteiger charge is 1.99. The van der Waals surface area contributed by atoms with Gasteiger partial charge in [0.2, 0.25) is 0 Å². The van der Waals surface area contributed by atoms with Crippen LogP contribution < -0.4 is 5.73 Å². The summed E-state index contributed by atoms with van der Waals surface area (Å²) in [5, 5.41) is 0. The highest BCUT2D eigenvalue weighted by atomic mass is 16.5. The zero-order chi connectivity index (χ0) is 7.98. The van der Waals surface area contributed by atoms with Crippen molar-refractivity contribution in [1.82, 2.24) is 0 Å². The van der Waals surface area contributed by atoms with Crippen LogP contribution in [0.2, 0.25) is 0 Å². The van der Waals surface area contributed by atoms with Crippen molar-refractivity contribution < 1.29 is 9.53 Å². The second-order valence-corrected chi connectivity index (χ2v) is 1.99. The SMILES string of the molecule is C=C(OCCCC)C(N)=O. The normalized spacial score (nSPS) is 8.90. The molecule has 0 aliphatic heterocycles. The molecule has 0 aromatic heterocycles. The van der Waals surface area contributed by atoms with E-state index >= 15 is 0 Å². The number of hydrogen-bond acceptors (Lipinski definition) is 2. The van der Waals surface area contributed by atoms with Gasteiger partial charge in [0.25, 0.3) is 5.91 Å². The van der Waals surface area contributed by atoms with Gasteiger partial charge in [0, 0.05) is 0 Å². The third-order valence-electron chi connectivity index (χ3n) is 1.05. The molecule has 0 fully saturated rings. The van der Waals surface area contributed by atoms with Crippen LogP contribution >= 0.6 is 0 Å². The van der Waals surface area contributed by atoms with Gasteiger partial charge in [-0.1, -0.05) is 19.9 Å². The van der Waals surface area contributed by atoms with Crippen LogP contribution in [0, 0.1) is 0 Å². The first-order valence-electron chi connectivity index (χ1n) is 3.30. The summed E-state index contributed by atoms with van der Waals surface area (Å²) in [5.41, 5.74) is 4.85. The molecule has 0 aromatic carbocycles. The molecule has 0 aromatic rings. The first kappa shape index (κ1) is 9.01. The minimum Gasteiger partial charge on any atom is -0.488 e. The Morgan fingerprint density at radius 3 is 2.70 bits per heavy atom. The van der Waals surface area contributed by atoms with Gasteiger partial charge in [-0.3, -0.25) is 4.79 Å². The summed E-state index contributed by atoms with van der Waals surface area (Å²) < 4.78 is 4.87. The number of nitrogens with two attached hydrogens (primary N) is 1. The van der Waals surface area contributed by atoms with Crippen LogP contribution in [0.15, 0.2) is 12.3 Å². The van der Waals surface area contributed by atoms with E-state index in [4.69, 9.17) is 10.5 Å². The second-order valence-electron chi connectivity index (χ2n) is 1.99. The number of rotatable bonds is 5. The molecule has 0 spiro atoms. The zero-order valence-electron chi connectivity index (χ0n) is 6.22. The fraction of sp³-hybridized carbons (Fsp3) is 0.571. The van der Waals surface area contributed by atoms with Crippen molar-refractivity contribution in [2.75, 3.05) is 6.61 Å². The van der Waals surface area contributed by atoms with Gasteiger partial charge in [-0.25, -0.2) is 0 Å². The molecule has 3 heteroatoms. The number of primary amides is 1. The molecular weight excluding hydrogens is 130 g/mol. The molecule has 10 heavy (non-hydrogen) atoms. The van der Waals surface area contributed by atoms with Crippen LogP contribution in [0.1, 0.15) is 19.8 Å². The van der Waals surface area contributed by atoms with Gasteiger partial charge in [-0.05, 0) is 6.42 Å². The molecule has 0 atom stereocenters. The zero-order valence-corrected chi connectivity index (χ0v) is 6.22. The van der Waals surface area contributed by atoms with Gasteiger partial charge in [0.1, 0.15) is 0 Å². The molecule has 0 aliphatic rings. The molecule has 0 unspecified atom stereocenters. The molecule has 3 nitrogen and oxygen atoms in total. The van der Waals surface area contributed by atoms with E-state index < -0.39 is 5.91 Å². The van der Waals surface area contributed by atoms with Gasteiger partial charge < -0.3 is 10.5 Å². The van der Waals surface area contributed by atoms with Crippen molar-refractivity contribution in [3.05, 3.63) is 12.3 Å². The maximum atomic E-state index is 10.3. The monoisotopic (exact) mass is 143 g/mol. The lowest BCUT2D eigenvalue weighted by atomic mass is 10.4. The molecule has 58 valence electrons. The van der Waals surface area contributed by atoms with E-state index in [1.807, 2.05) is 6.92 Å². The summed E-state index contributed by atoms with van der Waals surface area (Å²) in [6, 6.07) is 0. The number of ether oxygens (including phenoxy) is 1. The third-order valence-corrected chi connectivity index (χ3v) is 1.05. The maximum Gasteiger partial charge on any atom is 0.283 e. The summed E-state index contributed by atoms with van der Waals surface area (Å²) in [5.74, 6) is -0.537. The van der Waals surface area contributed by atoms with E-state index in [-0.39, 0.29) is 5.76 Å². The number of carbonyl (C=O) groups is 1. The van der Waals surface area contributed by atoms with Crippen LogP contribution in [0.5, 0.6) is 0 Å².